The van der Waals surface area contributed by atoms with Gasteiger partial charge in [0.2, 0.25) is 5.95 Å². The normalized spacial score (nSPS) is 9.80. The molecule has 0 amide bonds. The molecule has 1 aromatic rings. The number of nitrogens with one attached hydrogen (secondary N) is 1. The van der Waals surface area contributed by atoms with E-state index in [1.54, 1.807) is 0 Å². The smallest absolute Gasteiger partial charge is 0.266 e. The van der Waals surface area contributed by atoms with E-state index in [1.165, 1.54) is 0 Å². The van der Waals surface area contributed by atoms with Gasteiger partial charge in [-0.2, -0.15) is 0 Å². The van der Waals surface area contributed by atoms with Gasteiger partial charge in [-0.15, -0.1) is 0 Å². The second-order valence-corrected chi connectivity index (χ2v) is 3.66. The third-order valence-electron chi connectivity index (χ3n) is 0.841. The summed E-state index contributed by atoms with van der Waals surface area (Å²) in [7, 11) is 0. The van der Waals surface area contributed by atoms with Gasteiger partial charge < -0.3 is 5.73 Å². The van der Waals surface area contributed by atoms with Gasteiger partial charge in [0.1, 0.15) is 7.27 Å². The first-order chi connectivity index (χ1) is 4.61. The van der Waals surface area contributed by atoms with Crippen LogP contribution in [0.3, 0.4) is 0 Å². The van der Waals surface area contributed by atoms with E-state index in [0.29, 0.717) is 7.27 Å². The zero-order chi connectivity index (χ0) is 7.72. The van der Waals surface area contributed by atoms with Gasteiger partial charge in [-0.05, 0) is 45.2 Å². The highest BCUT2D eigenvalue weighted by atomic mass is 127. The summed E-state index contributed by atoms with van der Waals surface area (Å²) in [4.78, 5) is 17.1. The van der Waals surface area contributed by atoms with Gasteiger partial charge in [0, 0.05) is 0 Å². The van der Waals surface area contributed by atoms with E-state index in [4.69, 9.17) is 5.73 Å². The van der Waals surface area contributed by atoms with Gasteiger partial charge in [-0.25, -0.2) is 4.98 Å². The summed E-state index contributed by atoms with van der Waals surface area (Å²) < 4.78 is 1.21. The summed E-state index contributed by atoms with van der Waals surface area (Å²) >= 11 is 3.87. The number of hydrogen-bond donors (Lipinski definition) is 2. The van der Waals surface area contributed by atoms with Gasteiger partial charge in [-0.3, -0.25) is 9.78 Å². The highest BCUT2D eigenvalue weighted by Crippen LogP contribution is 2.06. The third-order valence-corrected chi connectivity index (χ3v) is 3.65. The molecule has 0 aliphatic carbocycles. The number of H-pyrrole nitrogens is 1. The molecular weight excluding hydrogens is 360 g/mol. The van der Waals surface area contributed by atoms with Gasteiger partial charge in [0.15, 0.2) is 0 Å². The predicted molar refractivity (Wildman–Crippen MR) is 54.7 cm³/mol. The van der Waals surface area contributed by atoms with Crippen LogP contribution in [0.25, 0.3) is 0 Å². The van der Waals surface area contributed by atoms with Crippen LogP contribution in [0.1, 0.15) is 0 Å². The van der Waals surface area contributed by atoms with Crippen molar-refractivity contribution >= 4 is 51.1 Å². The minimum Gasteiger partial charge on any atom is -0.369 e. The molecule has 0 aromatic carbocycles. The zero-order valence-corrected chi connectivity index (χ0v) is 9.00. The van der Waals surface area contributed by atoms with Crippen LogP contribution < -0.4 is 11.3 Å². The molecule has 0 bridgehead atoms. The van der Waals surface area contributed by atoms with Crippen molar-refractivity contribution in [2.75, 3.05) is 5.73 Å². The van der Waals surface area contributed by atoms with Crippen LogP contribution >= 0.6 is 45.2 Å². The van der Waals surface area contributed by atoms with E-state index in [1.807, 2.05) is 45.2 Å². The highest BCUT2D eigenvalue weighted by Gasteiger charge is 2.02. The minimum absolute atomic E-state index is 0.162. The van der Waals surface area contributed by atoms with Crippen molar-refractivity contribution in [2.24, 2.45) is 0 Å². The van der Waals surface area contributed by atoms with Crippen LogP contribution in [-0.2, 0) is 0 Å². The summed E-state index contributed by atoms with van der Waals surface area (Å²) in [6.45, 7) is 0. The first kappa shape index (κ1) is 8.24. The molecule has 1 aromatic heterocycles. The number of hydrogen-bond acceptors (Lipinski definition) is 3. The molecule has 0 saturated carbocycles. The van der Waals surface area contributed by atoms with Gasteiger partial charge in [0.25, 0.3) is 5.56 Å². The number of halogens is 2. The average molecular weight is 363 g/mol. The molecule has 0 radical (unpaired) electrons. The first-order valence-corrected chi connectivity index (χ1v) is 4.48. The van der Waals surface area contributed by atoms with Crippen molar-refractivity contribution in [3.8, 4) is 0 Å². The number of anilines is 1. The van der Waals surface area contributed by atoms with Crippen molar-refractivity contribution in [3.63, 3.8) is 0 Å². The summed E-state index contributed by atoms with van der Waals surface area (Å²) in [6.07, 6.45) is 0. The molecule has 0 unspecified atom stereocenters. The summed E-state index contributed by atoms with van der Waals surface area (Å²) in [5, 5.41) is 0. The molecular formula is C4H3I2N3O. The summed E-state index contributed by atoms with van der Waals surface area (Å²) in [5.41, 5.74) is 5.07. The van der Waals surface area contributed by atoms with Crippen LogP contribution in [0, 0.1) is 7.27 Å². The first-order valence-electron chi connectivity index (χ1n) is 2.32. The molecule has 0 atom stereocenters. The second-order valence-electron chi connectivity index (χ2n) is 1.56. The van der Waals surface area contributed by atoms with E-state index in [2.05, 4.69) is 9.97 Å². The Morgan fingerprint density at radius 1 is 1.50 bits per heavy atom. The SMILES string of the molecule is Nc1nc(I)c(I)c(=O)[nH]1. The Hall–Kier alpha value is 0.140. The van der Waals surface area contributed by atoms with Gasteiger partial charge in [-0.1, -0.05) is 0 Å². The fourth-order valence-electron chi connectivity index (χ4n) is 0.448. The molecule has 3 N–H and O–H groups in total. The molecule has 0 fully saturated rings. The van der Waals surface area contributed by atoms with Crippen molar-refractivity contribution in [3.05, 3.63) is 17.6 Å². The Kier molecular flexibility index (Phi) is 2.50. The predicted octanol–water partition coefficient (Wildman–Crippen LogP) is 0.561. The molecule has 0 spiro atoms. The maximum absolute atomic E-state index is 10.9. The third kappa shape index (κ3) is 1.59. The quantitative estimate of drug-likeness (QED) is 0.523. The topological polar surface area (TPSA) is 71.8 Å². The van der Waals surface area contributed by atoms with Crippen LogP contribution in [0.5, 0.6) is 0 Å². The molecule has 0 aliphatic rings. The van der Waals surface area contributed by atoms with Crippen molar-refractivity contribution < 1.29 is 0 Å². The monoisotopic (exact) mass is 363 g/mol. The van der Waals surface area contributed by atoms with Crippen LogP contribution in [0.4, 0.5) is 5.95 Å². The Morgan fingerprint density at radius 2 is 2.10 bits per heavy atom. The highest BCUT2D eigenvalue weighted by molar-refractivity contribution is 14.1. The van der Waals surface area contributed by atoms with Crippen molar-refractivity contribution in [2.45, 2.75) is 0 Å². The maximum Gasteiger partial charge on any atom is 0.266 e. The van der Waals surface area contributed by atoms with Crippen LogP contribution in [0.2, 0.25) is 0 Å². The Balaban J connectivity index is 3.46. The number of nitrogen functional groups attached to an aromatic ring is 1. The molecule has 1 rings (SSSR count). The molecule has 54 valence electrons. The Morgan fingerprint density at radius 3 is 2.60 bits per heavy atom. The molecule has 6 heteroatoms. The fourth-order valence-corrected chi connectivity index (χ4v) is 1.21. The van der Waals surface area contributed by atoms with Crippen molar-refractivity contribution in [1.82, 2.24) is 9.97 Å². The fraction of sp³-hybridized carbons (Fsp3) is 0. The number of rotatable bonds is 0. The molecule has 10 heavy (non-hydrogen) atoms. The van der Waals surface area contributed by atoms with E-state index in [0.717, 1.165) is 0 Å². The summed E-state index contributed by atoms with van der Waals surface area (Å²) in [6, 6.07) is 0. The molecule has 4 nitrogen and oxygen atoms in total. The standard InChI is InChI=1S/C4H3I2N3O/c5-1-2(6)8-4(7)9-3(1)10/h(H3,7,8,9,10). The number of nitrogens with zero attached hydrogens (tertiary/aromatic N) is 1. The van der Waals surface area contributed by atoms with E-state index in [9.17, 15) is 4.79 Å². The van der Waals surface area contributed by atoms with Gasteiger partial charge >= 0.3 is 0 Å². The zero-order valence-electron chi connectivity index (χ0n) is 4.69. The van der Waals surface area contributed by atoms with Gasteiger partial charge in [0.05, 0.1) is 0 Å². The van der Waals surface area contributed by atoms with E-state index < -0.39 is 0 Å². The molecule has 0 saturated heterocycles. The largest absolute Gasteiger partial charge is 0.369 e. The lowest BCUT2D eigenvalue weighted by molar-refractivity contribution is 1.09. The lowest BCUT2D eigenvalue weighted by atomic mass is 10.7. The van der Waals surface area contributed by atoms with Crippen LogP contribution in [-0.4, -0.2) is 9.97 Å². The van der Waals surface area contributed by atoms with Crippen LogP contribution in [0.15, 0.2) is 4.79 Å². The second kappa shape index (κ2) is 3.03. The minimum atomic E-state index is -0.183. The van der Waals surface area contributed by atoms with E-state index >= 15 is 0 Å². The number of nitrogens with two attached hydrogens (primary N) is 1. The maximum atomic E-state index is 10.9. The molecule has 0 aliphatic heterocycles. The average Bonchev–Trinajstić information content (AvgIpc) is 1.82. The van der Waals surface area contributed by atoms with E-state index in [-0.39, 0.29) is 11.5 Å². The lowest BCUT2D eigenvalue weighted by Gasteiger charge is -1.94. The number of aromatic nitrogens is 2. The van der Waals surface area contributed by atoms with Crippen molar-refractivity contribution in [1.29, 1.82) is 0 Å². The summed E-state index contributed by atoms with van der Waals surface area (Å²) in [5.74, 6) is 0.162. The molecule has 1 heterocycles. The lowest BCUT2D eigenvalue weighted by Crippen LogP contribution is -2.15. The number of aromatic amines is 1. The Bertz CT molecular complexity index is 308. The Labute approximate surface area is 83.9 Å².